The van der Waals surface area contributed by atoms with Crippen LogP contribution in [0, 0.1) is 0 Å². The second-order valence-electron chi connectivity index (χ2n) is 4.31. The number of carbonyl (C=O) groups is 1. The average Bonchev–Trinajstić information content (AvgIpc) is 2.46. The summed E-state index contributed by atoms with van der Waals surface area (Å²) in [6.45, 7) is 2.38. The summed E-state index contributed by atoms with van der Waals surface area (Å²) >= 11 is 0. The maximum atomic E-state index is 11.4. The van der Waals surface area contributed by atoms with E-state index in [9.17, 15) is 9.90 Å². The number of rotatable bonds is 4. The number of carboxylic acids is 1. The van der Waals surface area contributed by atoms with Crippen LogP contribution in [0.25, 0.3) is 0 Å². The van der Waals surface area contributed by atoms with Crippen molar-refractivity contribution in [3.05, 3.63) is 23.3 Å². The zero-order valence-corrected chi connectivity index (χ0v) is 11.0. The zero-order valence-electron chi connectivity index (χ0n) is 11.0. The number of nitrogens with one attached hydrogen (secondary N) is 2. The van der Waals surface area contributed by atoms with Crippen molar-refractivity contribution >= 4 is 5.97 Å². The lowest BCUT2D eigenvalue weighted by molar-refractivity contribution is 0.0694. The molecule has 0 aliphatic carbocycles. The molecule has 0 amide bonds. The molecule has 1 aromatic carbocycles. The smallest absolute Gasteiger partial charge is 0.336 e. The van der Waals surface area contributed by atoms with Crippen molar-refractivity contribution in [2.75, 3.05) is 33.9 Å². The molecule has 6 heteroatoms. The third kappa shape index (κ3) is 2.80. The molecule has 0 spiro atoms. The molecule has 19 heavy (non-hydrogen) atoms. The van der Waals surface area contributed by atoms with E-state index in [1.54, 1.807) is 6.07 Å². The van der Waals surface area contributed by atoms with Crippen LogP contribution in [0.5, 0.6) is 11.5 Å². The first-order valence-electron chi connectivity index (χ1n) is 6.10. The molecule has 0 aromatic heterocycles. The van der Waals surface area contributed by atoms with Crippen molar-refractivity contribution in [2.45, 2.75) is 6.04 Å². The minimum absolute atomic E-state index is 0.0420. The maximum Gasteiger partial charge on any atom is 0.336 e. The van der Waals surface area contributed by atoms with E-state index < -0.39 is 5.97 Å². The first kappa shape index (κ1) is 13.6. The highest BCUT2D eigenvalue weighted by Gasteiger charge is 2.23. The minimum atomic E-state index is -0.969. The summed E-state index contributed by atoms with van der Waals surface area (Å²) in [6.07, 6.45) is 0. The van der Waals surface area contributed by atoms with Crippen LogP contribution in [0.2, 0.25) is 0 Å². The van der Waals surface area contributed by atoms with E-state index in [1.807, 2.05) is 0 Å². The minimum Gasteiger partial charge on any atom is -0.493 e. The van der Waals surface area contributed by atoms with E-state index >= 15 is 0 Å². The average molecular weight is 266 g/mol. The number of benzene rings is 1. The first-order chi connectivity index (χ1) is 9.17. The van der Waals surface area contributed by atoms with Gasteiger partial charge in [0, 0.05) is 25.7 Å². The normalized spacial score (nSPS) is 18.9. The number of ether oxygens (including phenoxy) is 2. The highest BCUT2D eigenvalue weighted by atomic mass is 16.5. The second kappa shape index (κ2) is 5.90. The lowest BCUT2D eigenvalue weighted by Crippen LogP contribution is -2.43. The van der Waals surface area contributed by atoms with Crippen LogP contribution in [0.15, 0.2) is 12.1 Å². The largest absolute Gasteiger partial charge is 0.493 e. The van der Waals surface area contributed by atoms with Crippen molar-refractivity contribution in [2.24, 2.45) is 0 Å². The van der Waals surface area contributed by atoms with Gasteiger partial charge in [-0.15, -0.1) is 0 Å². The molecule has 104 valence electrons. The van der Waals surface area contributed by atoms with Gasteiger partial charge in [0.1, 0.15) is 0 Å². The highest BCUT2D eigenvalue weighted by molar-refractivity contribution is 5.90. The van der Waals surface area contributed by atoms with Crippen molar-refractivity contribution in [3.63, 3.8) is 0 Å². The van der Waals surface area contributed by atoms with Gasteiger partial charge in [0.15, 0.2) is 11.5 Å². The monoisotopic (exact) mass is 266 g/mol. The molecule has 1 heterocycles. The maximum absolute atomic E-state index is 11.4. The van der Waals surface area contributed by atoms with Crippen LogP contribution in [-0.2, 0) is 0 Å². The van der Waals surface area contributed by atoms with E-state index in [2.05, 4.69) is 10.6 Å². The molecule has 1 aromatic rings. The summed E-state index contributed by atoms with van der Waals surface area (Å²) in [7, 11) is 3.03. The van der Waals surface area contributed by atoms with E-state index in [4.69, 9.17) is 9.47 Å². The van der Waals surface area contributed by atoms with E-state index in [1.165, 1.54) is 20.3 Å². The molecule has 2 rings (SSSR count). The quantitative estimate of drug-likeness (QED) is 0.742. The predicted octanol–water partition coefficient (Wildman–Crippen LogP) is 0.636. The molecule has 1 fully saturated rings. The van der Waals surface area contributed by atoms with E-state index in [0.29, 0.717) is 23.6 Å². The number of hydrogen-bond donors (Lipinski definition) is 3. The van der Waals surface area contributed by atoms with Crippen LogP contribution in [0.3, 0.4) is 0 Å². The Balaban J connectivity index is 2.46. The van der Waals surface area contributed by atoms with Gasteiger partial charge in [-0.2, -0.15) is 0 Å². The molecule has 1 unspecified atom stereocenters. The molecule has 0 bridgehead atoms. The topological polar surface area (TPSA) is 79.8 Å². The molecule has 1 atom stereocenters. The molecule has 1 saturated heterocycles. The fourth-order valence-corrected chi connectivity index (χ4v) is 2.24. The van der Waals surface area contributed by atoms with Crippen LogP contribution >= 0.6 is 0 Å². The summed E-state index contributed by atoms with van der Waals surface area (Å²) in [5, 5.41) is 15.9. The van der Waals surface area contributed by atoms with Crippen LogP contribution in [0.1, 0.15) is 22.0 Å². The van der Waals surface area contributed by atoms with Gasteiger partial charge in [0.25, 0.3) is 0 Å². The lowest BCUT2D eigenvalue weighted by atomic mass is 9.98. The molecule has 6 nitrogen and oxygen atoms in total. The third-order valence-corrected chi connectivity index (χ3v) is 3.20. The van der Waals surface area contributed by atoms with Gasteiger partial charge in [0.05, 0.1) is 19.8 Å². The molecule has 1 aliphatic rings. The second-order valence-corrected chi connectivity index (χ2v) is 4.31. The predicted molar refractivity (Wildman–Crippen MR) is 70.1 cm³/mol. The molecule has 3 N–H and O–H groups in total. The highest BCUT2D eigenvalue weighted by Crippen LogP contribution is 2.33. The van der Waals surface area contributed by atoms with Gasteiger partial charge in [0.2, 0.25) is 0 Å². The summed E-state index contributed by atoms with van der Waals surface area (Å²) < 4.78 is 10.4. The van der Waals surface area contributed by atoms with Gasteiger partial charge in [-0.05, 0) is 17.7 Å². The van der Waals surface area contributed by atoms with Gasteiger partial charge in [-0.3, -0.25) is 0 Å². The summed E-state index contributed by atoms with van der Waals surface area (Å²) in [6, 6.07) is 3.19. The van der Waals surface area contributed by atoms with Crippen LogP contribution < -0.4 is 20.1 Å². The number of carboxylic acid groups (broad SMARTS) is 1. The third-order valence-electron chi connectivity index (χ3n) is 3.20. The number of methoxy groups -OCH3 is 2. The molecule has 0 radical (unpaired) electrons. The SMILES string of the molecule is COc1cc(C(=O)O)c(C2CNCCN2)cc1OC. The van der Waals surface area contributed by atoms with Gasteiger partial charge in [-0.1, -0.05) is 0 Å². The Kier molecular flexibility index (Phi) is 4.24. The Hall–Kier alpha value is -1.79. The summed E-state index contributed by atoms with van der Waals surface area (Å²) in [5.41, 5.74) is 0.941. The molecule has 0 saturated carbocycles. The Labute approximate surface area is 111 Å². The summed E-state index contributed by atoms with van der Waals surface area (Å²) in [4.78, 5) is 11.4. The van der Waals surface area contributed by atoms with Gasteiger partial charge >= 0.3 is 5.97 Å². The Morgan fingerprint density at radius 1 is 1.26 bits per heavy atom. The van der Waals surface area contributed by atoms with Crippen molar-refractivity contribution < 1.29 is 19.4 Å². The fraction of sp³-hybridized carbons (Fsp3) is 0.462. The molecular formula is C13H18N2O4. The molecular weight excluding hydrogens is 248 g/mol. The Morgan fingerprint density at radius 2 is 1.95 bits per heavy atom. The fourth-order valence-electron chi connectivity index (χ4n) is 2.24. The van der Waals surface area contributed by atoms with Gasteiger partial charge < -0.3 is 25.2 Å². The van der Waals surface area contributed by atoms with Crippen LogP contribution in [0.4, 0.5) is 0 Å². The van der Waals surface area contributed by atoms with Crippen molar-refractivity contribution in [1.82, 2.24) is 10.6 Å². The standard InChI is InChI=1S/C13H18N2O4/c1-18-11-5-8(10-7-14-3-4-15-10)9(13(16)17)6-12(11)19-2/h5-6,10,14-15H,3-4,7H2,1-2H3,(H,16,17). The lowest BCUT2D eigenvalue weighted by Gasteiger charge is -2.26. The van der Waals surface area contributed by atoms with Crippen molar-refractivity contribution in [3.8, 4) is 11.5 Å². The van der Waals surface area contributed by atoms with E-state index in [0.717, 1.165) is 13.1 Å². The summed E-state index contributed by atoms with van der Waals surface area (Å²) in [5.74, 6) is -0.00869. The van der Waals surface area contributed by atoms with E-state index in [-0.39, 0.29) is 11.6 Å². The number of aromatic carboxylic acids is 1. The van der Waals surface area contributed by atoms with Gasteiger partial charge in [-0.25, -0.2) is 4.79 Å². The molecule has 1 aliphatic heterocycles. The number of hydrogen-bond acceptors (Lipinski definition) is 5. The van der Waals surface area contributed by atoms with Crippen molar-refractivity contribution in [1.29, 1.82) is 0 Å². The first-order valence-corrected chi connectivity index (χ1v) is 6.10. The Morgan fingerprint density at radius 3 is 2.47 bits per heavy atom. The number of piperazine rings is 1. The van der Waals surface area contributed by atoms with Crippen LogP contribution in [-0.4, -0.2) is 44.9 Å². The Bertz CT molecular complexity index is 470. The zero-order chi connectivity index (χ0) is 13.8.